The lowest BCUT2D eigenvalue weighted by molar-refractivity contribution is -0.161. The van der Waals surface area contributed by atoms with Gasteiger partial charge in [-0.15, -0.1) is 0 Å². The van der Waals surface area contributed by atoms with Crippen LogP contribution in [0.3, 0.4) is 0 Å². The number of hydrogen-bond acceptors (Lipinski definition) is 8. The van der Waals surface area contributed by atoms with E-state index in [1.165, 1.54) is 109 Å². The second kappa shape index (κ2) is 38.2. The molecule has 2 atom stereocenters. The predicted octanol–water partition coefficient (Wildman–Crippen LogP) is 15.7. The summed E-state index contributed by atoms with van der Waals surface area (Å²) in [6, 6.07) is 30.2. The number of ether oxygens (including phenoxy) is 2. The summed E-state index contributed by atoms with van der Waals surface area (Å²) in [5, 5.41) is 3.63. The second-order valence-corrected chi connectivity index (χ2v) is 19.9. The Morgan fingerprint density at radius 3 is 1.34 bits per heavy atom. The molecule has 3 aromatic rings. The van der Waals surface area contributed by atoms with Crippen LogP contribution in [-0.2, 0) is 38.2 Å². The predicted molar refractivity (Wildman–Crippen MR) is 280 cm³/mol. The maximum absolute atomic E-state index is 13.3. The van der Waals surface area contributed by atoms with Crippen molar-refractivity contribution in [3.63, 3.8) is 0 Å². The van der Waals surface area contributed by atoms with Crippen LogP contribution in [0.4, 0.5) is 0 Å². The maximum atomic E-state index is 13.3. The number of hydrogen-bond donors (Lipinski definition) is 2. The molecule has 3 rings (SSSR count). The van der Waals surface area contributed by atoms with Crippen molar-refractivity contribution in [1.29, 1.82) is 0 Å². The van der Waals surface area contributed by atoms with E-state index < -0.39 is 32.0 Å². The van der Waals surface area contributed by atoms with Crippen LogP contribution >= 0.6 is 7.82 Å². The maximum Gasteiger partial charge on any atom is 0.472 e. The Hall–Kier alpha value is -3.59. The van der Waals surface area contributed by atoms with Crippen LogP contribution < -0.4 is 5.32 Å². The van der Waals surface area contributed by atoms with Gasteiger partial charge in [-0.2, -0.15) is 0 Å². The van der Waals surface area contributed by atoms with Crippen LogP contribution in [0.25, 0.3) is 0 Å². The number of carbonyl (C=O) groups is 2. The third-order valence-corrected chi connectivity index (χ3v) is 13.6. The molecule has 68 heavy (non-hydrogen) atoms. The van der Waals surface area contributed by atoms with Gasteiger partial charge in [0, 0.05) is 19.4 Å². The molecular formula is C58H90NO8P. The fraction of sp³-hybridized carbons (Fsp3) is 0.621. The van der Waals surface area contributed by atoms with Gasteiger partial charge >= 0.3 is 19.8 Å². The summed E-state index contributed by atoms with van der Waals surface area (Å²) in [5.74, 6) is -0.847. The number of nitrogens with one attached hydrogen (secondary N) is 1. The van der Waals surface area contributed by atoms with E-state index in [0.29, 0.717) is 6.42 Å². The normalized spacial score (nSPS) is 13.1. The van der Waals surface area contributed by atoms with Crippen molar-refractivity contribution in [2.75, 3.05) is 26.4 Å². The van der Waals surface area contributed by atoms with Crippen molar-refractivity contribution < 1.29 is 37.6 Å². The monoisotopic (exact) mass is 960 g/mol. The first-order chi connectivity index (χ1) is 33.3. The average molecular weight is 960 g/mol. The molecule has 0 radical (unpaired) electrons. The first-order valence-corrected chi connectivity index (χ1v) is 28.3. The molecule has 9 nitrogen and oxygen atoms in total. The quantitative estimate of drug-likeness (QED) is 0.0188. The van der Waals surface area contributed by atoms with E-state index in [4.69, 9.17) is 18.5 Å². The zero-order chi connectivity index (χ0) is 48.6. The highest BCUT2D eigenvalue weighted by atomic mass is 31.2. The highest BCUT2D eigenvalue weighted by Crippen LogP contribution is 2.43. The fourth-order valence-corrected chi connectivity index (χ4v) is 9.48. The third kappa shape index (κ3) is 26.4. The Morgan fingerprint density at radius 1 is 0.529 bits per heavy atom. The minimum Gasteiger partial charge on any atom is -0.462 e. The minimum atomic E-state index is -4.61. The summed E-state index contributed by atoms with van der Waals surface area (Å²) < 4.78 is 35.4. The molecule has 0 bridgehead atoms. The topological polar surface area (TPSA) is 120 Å². The summed E-state index contributed by atoms with van der Waals surface area (Å²) in [5.41, 5.74) is 2.20. The van der Waals surface area contributed by atoms with E-state index in [0.717, 1.165) is 68.1 Å². The molecule has 0 aliphatic heterocycles. The second-order valence-electron chi connectivity index (χ2n) is 18.5. The smallest absolute Gasteiger partial charge is 0.462 e. The van der Waals surface area contributed by atoms with Crippen LogP contribution in [0.1, 0.15) is 210 Å². The Morgan fingerprint density at radius 2 is 0.912 bits per heavy atom. The summed E-state index contributed by atoms with van der Waals surface area (Å²) in [7, 11) is -4.61. The summed E-state index contributed by atoms with van der Waals surface area (Å²) >= 11 is 0. The van der Waals surface area contributed by atoms with Gasteiger partial charge in [0.15, 0.2) is 6.10 Å². The molecule has 0 aliphatic rings. The number of benzene rings is 3. The van der Waals surface area contributed by atoms with Gasteiger partial charge < -0.3 is 14.4 Å². The Labute approximate surface area is 412 Å². The summed E-state index contributed by atoms with van der Waals surface area (Å²) in [6.07, 6.45) is 34.8. The highest BCUT2D eigenvalue weighted by molar-refractivity contribution is 7.47. The minimum absolute atomic E-state index is 0.157. The van der Waals surface area contributed by atoms with E-state index in [-0.39, 0.29) is 38.6 Å². The lowest BCUT2D eigenvalue weighted by atomic mass is 9.77. The number of phosphoric acid groups is 1. The van der Waals surface area contributed by atoms with Gasteiger partial charge in [-0.25, -0.2) is 4.57 Å². The molecule has 0 aromatic heterocycles. The number of esters is 2. The molecule has 0 amide bonds. The zero-order valence-electron chi connectivity index (χ0n) is 42.3. The summed E-state index contributed by atoms with van der Waals surface area (Å²) in [6.45, 7) is 3.80. The Kier molecular flexibility index (Phi) is 33.0. The molecule has 0 spiro atoms. The van der Waals surface area contributed by atoms with Crippen molar-refractivity contribution >= 4 is 19.8 Å². The molecule has 380 valence electrons. The lowest BCUT2D eigenvalue weighted by Gasteiger charge is -2.37. The van der Waals surface area contributed by atoms with Gasteiger partial charge in [0.1, 0.15) is 6.61 Å². The van der Waals surface area contributed by atoms with Crippen molar-refractivity contribution in [3.05, 3.63) is 120 Å². The van der Waals surface area contributed by atoms with Crippen LogP contribution in [0, 0.1) is 0 Å². The van der Waals surface area contributed by atoms with Gasteiger partial charge in [-0.05, 0) is 55.2 Å². The Bertz CT molecular complexity index is 1660. The zero-order valence-corrected chi connectivity index (χ0v) is 43.2. The van der Waals surface area contributed by atoms with Crippen molar-refractivity contribution in [2.24, 2.45) is 0 Å². The third-order valence-electron chi connectivity index (χ3n) is 12.6. The SMILES string of the molecule is CCCCCCCCC=CCCCCCCCC(=O)O[C@H](COC(=O)CCCCCCCCCCCCCCC)COP(=O)(O)OCCNC(c1ccccc1)(c1ccccc1)c1ccccc1. The van der Waals surface area contributed by atoms with Crippen molar-refractivity contribution in [2.45, 2.75) is 205 Å². The van der Waals surface area contributed by atoms with Crippen LogP contribution in [-0.4, -0.2) is 49.3 Å². The molecule has 0 saturated heterocycles. The lowest BCUT2D eigenvalue weighted by Crippen LogP contribution is -2.46. The van der Waals surface area contributed by atoms with E-state index in [9.17, 15) is 19.0 Å². The number of carbonyl (C=O) groups excluding carboxylic acids is 2. The molecule has 0 heterocycles. The first-order valence-electron chi connectivity index (χ1n) is 26.8. The molecule has 0 aliphatic carbocycles. The highest BCUT2D eigenvalue weighted by Gasteiger charge is 2.36. The summed E-state index contributed by atoms with van der Waals surface area (Å²) in [4.78, 5) is 36.6. The molecule has 1 unspecified atom stereocenters. The van der Waals surface area contributed by atoms with E-state index in [1.54, 1.807) is 0 Å². The van der Waals surface area contributed by atoms with Crippen LogP contribution in [0.15, 0.2) is 103 Å². The standard InChI is InChI=1S/C58H90NO8P/c1-3-5-7-9-11-13-15-17-18-20-22-24-26-28-39-47-57(61)67-55(50-64-56(60)46-38-27-25-23-21-19-16-14-12-10-8-6-4-2)51-66-68(62,63)65-49-48-59-58(52-40-32-29-33-41-52,53-42-34-30-35-43-53)54-44-36-31-37-45-54/h17-18,29-37,40-45,55,59H,3-16,19-28,38-39,46-51H2,1-2H3,(H,62,63)/t55-/m1/s1. The van der Waals surface area contributed by atoms with Crippen LogP contribution in [0.5, 0.6) is 0 Å². The Balaban J connectivity index is 1.46. The van der Waals surface area contributed by atoms with Crippen molar-refractivity contribution in [3.8, 4) is 0 Å². The molecule has 0 saturated carbocycles. The number of phosphoric ester groups is 1. The largest absolute Gasteiger partial charge is 0.472 e. The van der Waals surface area contributed by atoms with Crippen molar-refractivity contribution in [1.82, 2.24) is 5.32 Å². The van der Waals surface area contributed by atoms with Gasteiger partial charge in [0.2, 0.25) is 0 Å². The van der Waals surface area contributed by atoms with Gasteiger partial charge in [-0.3, -0.25) is 24.0 Å². The number of rotatable bonds is 43. The van der Waals surface area contributed by atoms with E-state index in [1.807, 2.05) is 54.6 Å². The molecule has 2 N–H and O–H groups in total. The molecule has 10 heteroatoms. The van der Waals surface area contributed by atoms with Gasteiger partial charge in [0.25, 0.3) is 0 Å². The molecule has 0 fully saturated rings. The average Bonchev–Trinajstić information content (AvgIpc) is 3.36. The van der Waals surface area contributed by atoms with E-state index >= 15 is 0 Å². The van der Waals surface area contributed by atoms with E-state index in [2.05, 4.69) is 67.7 Å². The van der Waals surface area contributed by atoms with Crippen LogP contribution in [0.2, 0.25) is 0 Å². The fourth-order valence-electron chi connectivity index (χ4n) is 8.73. The number of unbranched alkanes of at least 4 members (excludes halogenated alkanes) is 23. The first kappa shape index (κ1) is 58.7. The number of allylic oxidation sites excluding steroid dienone is 2. The van der Waals surface area contributed by atoms with Gasteiger partial charge in [-0.1, -0.05) is 245 Å². The molecular weight excluding hydrogens is 870 g/mol. The van der Waals surface area contributed by atoms with Gasteiger partial charge in [0.05, 0.1) is 18.8 Å². The molecule has 3 aromatic carbocycles.